The summed E-state index contributed by atoms with van der Waals surface area (Å²) in [5.41, 5.74) is -3.86. The smallest absolute Gasteiger partial charge is 0.436 e. The van der Waals surface area contributed by atoms with Gasteiger partial charge in [-0.2, -0.15) is 40.5 Å². The van der Waals surface area contributed by atoms with Gasteiger partial charge in [0.2, 0.25) is 15.9 Å². The molecule has 4 heterocycles. The van der Waals surface area contributed by atoms with Crippen molar-refractivity contribution in [3.63, 3.8) is 0 Å². The van der Waals surface area contributed by atoms with Gasteiger partial charge in [0.15, 0.2) is 22.7 Å². The van der Waals surface area contributed by atoms with Crippen LogP contribution in [-0.2, 0) is 32.4 Å². The Morgan fingerprint density at radius 3 is 1.63 bits per heavy atom. The Labute approximate surface area is 213 Å². The maximum atomic E-state index is 12.8. The van der Waals surface area contributed by atoms with E-state index in [0.29, 0.717) is 9.03 Å². The molecule has 0 saturated carbocycles. The van der Waals surface area contributed by atoms with Gasteiger partial charge >= 0.3 is 12.4 Å². The molecule has 4 rings (SSSR count). The molecule has 208 valence electrons. The number of hydrogen-bond acceptors (Lipinski definition) is 9. The normalized spacial score (nSPS) is 13.0. The van der Waals surface area contributed by atoms with Crippen molar-refractivity contribution in [2.24, 2.45) is 10.3 Å². The number of alkyl halides is 6. The van der Waals surface area contributed by atoms with Crippen LogP contribution in [0.3, 0.4) is 0 Å². The Balaban J connectivity index is 0.000000212. The van der Waals surface area contributed by atoms with Gasteiger partial charge in [-0.15, -0.1) is 5.10 Å². The third-order valence-corrected chi connectivity index (χ3v) is 6.20. The summed E-state index contributed by atoms with van der Waals surface area (Å²) >= 11 is 5.49. The van der Waals surface area contributed by atoms with Gasteiger partial charge in [0, 0.05) is 6.07 Å². The van der Waals surface area contributed by atoms with E-state index in [1.165, 1.54) is 12.1 Å². The molecular weight excluding hydrogens is 598 g/mol. The van der Waals surface area contributed by atoms with E-state index in [1.54, 1.807) is 6.92 Å². The first-order valence-corrected chi connectivity index (χ1v) is 13.0. The second-order valence-electron chi connectivity index (χ2n) is 6.92. The van der Waals surface area contributed by atoms with E-state index in [0.717, 1.165) is 12.1 Å². The van der Waals surface area contributed by atoms with Gasteiger partial charge in [0.1, 0.15) is 5.15 Å². The number of halogens is 7. The molecule has 0 spiro atoms. The fraction of sp³-hybridized carbons (Fsp3) is 0.250. The van der Waals surface area contributed by atoms with Gasteiger partial charge in [-0.25, -0.2) is 37.1 Å². The first-order valence-electron chi connectivity index (χ1n) is 9.53. The minimum atomic E-state index is -4.97. The summed E-state index contributed by atoms with van der Waals surface area (Å²) in [6, 6.07) is 4.71. The zero-order chi connectivity index (χ0) is 28.8. The Kier molecular flexibility index (Phi) is 7.55. The third-order valence-electron chi connectivity index (χ3n) is 4.18. The van der Waals surface area contributed by atoms with Gasteiger partial charge in [0.05, 0.1) is 6.61 Å². The van der Waals surface area contributed by atoms with Crippen molar-refractivity contribution in [3.05, 3.63) is 40.8 Å². The first-order chi connectivity index (χ1) is 17.2. The molecule has 0 aromatic carbocycles. The molecule has 4 aromatic rings. The molecule has 22 heteroatoms. The summed E-state index contributed by atoms with van der Waals surface area (Å²) in [6.45, 7) is 1.85. The van der Waals surface area contributed by atoms with Crippen molar-refractivity contribution in [1.82, 2.24) is 29.2 Å². The number of imidazole rings is 2. The van der Waals surface area contributed by atoms with Crippen molar-refractivity contribution in [2.45, 2.75) is 29.3 Å². The summed E-state index contributed by atoms with van der Waals surface area (Å²) < 4.78 is 128. The van der Waals surface area contributed by atoms with Crippen LogP contribution in [0.2, 0.25) is 5.15 Å². The quantitative estimate of drug-likeness (QED) is 0.325. The zero-order valence-corrected chi connectivity index (χ0v) is 20.7. The molecule has 4 N–H and O–H groups in total. The number of fused-ring (bicyclic) bond motifs is 2. The highest BCUT2D eigenvalue weighted by atomic mass is 35.5. The fourth-order valence-electron chi connectivity index (χ4n) is 2.89. The number of sulfonamides is 2. The molecule has 0 amide bonds. The summed E-state index contributed by atoms with van der Waals surface area (Å²) in [5.74, 6) is -0.0453. The van der Waals surface area contributed by atoms with E-state index in [4.69, 9.17) is 26.6 Å². The lowest BCUT2D eigenvalue weighted by Crippen LogP contribution is -2.21. The average Bonchev–Trinajstić information content (AvgIpc) is 3.32. The van der Waals surface area contributed by atoms with Crippen LogP contribution in [0.1, 0.15) is 18.3 Å². The lowest BCUT2D eigenvalue weighted by molar-refractivity contribution is -0.144. The van der Waals surface area contributed by atoms with Gasteiger partial charge in [-0.3, -0.25) is 0 Å². The topological polar surface area (TPSA) is 190 Å². The Bertz CT molecular complexity index is 1730. The van der Waals surface area contributed by atoms with Crippen LogP contribution >= 0.6 is 11.6 Å². The van der Waals surface area contributed by atoms with Gasteiger partial charge in [-0.05, 0) is 25.1 Å². The zero-order valence-electron chi connectivity index (χ0n) is 18.4. The summed E-state index contributed by atoms with van der Waals surface area (Å²) in [5, 5.41) is 14.0. The predicted octanol–water partition coefficient (Wildman–Crippen LogP) is 1.84. The van der Waals surface area contributed by atoms with Crippen LogP contribution in [0.4, 0.5) is 26.3 Å². The summed E-state index contributed by atoms with van der Waals surface area (Å²) in [6.07, 6.45) is -9.94. The molecule has 4 aromatic heterocycles. The number of primary sulfonamides is 2. The number of aromatic nitrogens is 6. The van der Waals surface area contributed by atoms with Gasteiger partial charge in [-0.1, -0.05) is 11.6 Å². The van der Waals surface area contributed by atoms with Crippen molar-refractivity contribution in [3.8, 4) is 5.88 Å². The molecule has 0 aliphatic carbocycles. The molecule has 0 fully saturated rings. The highest BCUT2D eigenvalue weighted by Crippen LogP contribution is 2.34. The average molecular weight is 611 g/mol. The van der Waals surface area contributed by atoms with Crippen molar-refractivity contribution < 1.29 is 47.9 Å². The minimum absolute atomic E-state index is 0.0453. The van der Waals surface area contributed by atoms with Crippen LogP contribution in [0.25, 0.3) is 11.3 Å². The van der Waals surface area contributed by atoms with E-state index in [-0.39, 0.29) is 28.9 Å². The highest BCUT2D eigenvalue weighted by Gasteiger charge is 2.43. The SMILES string of the molecule is CCOc1ccc2nc(C(F)(F)F)c(S(N)(=O)=O)n2n1.NS(=O)(=O)c1c(C(F)(F)F)nc2ccc(Cl)nn12. The number of rotatable bonds is 4. The minimum Gasteiger partial charge on any atom is -0.477 e. The molecule has 13 nitrogen and oxygen atoms in total. The van der Waals surface area contributed by atoms with Gasteiger partial charge < -0.3 is 4.74 Å². The molecule has 0 bridgehead atoms. The lowest BCUT2D eigenvalue weighted by Gasteiger charge is -2.05. The Morgan fingerprint density at radius 1 is 0.816 bits per heavy atom. The Morgan fingerprint density at radius 2 is 1.24 bits per heavy atom. The second-order valence-corrected chi connectivity index (χ2v) is 10.3. The fourth-order valence-corrected chi connectivity index (χ4v) is 4.64. The van der Waals surface area contributed by atoms with Crippen LogP contribution < -0.4 is 15.0 Å². The van der Waals surface area contributed by atoms with Gasteiger partial charge in [0.25, 0.3) is 20.0 Å². The third kappa shape index (κ3) is 6.06. The van der Waals surface area contributed by atoms with E-state index in [2.05, 4.69) is 20.2 Å². The standard InChI is InChI=1S/C9H9F3N4O3S.C7H4ClF3N4O2S/c1-2-19-6-4-3-5-14-7(9(10,11)12)8(16(5)15-6)20(13,17)18;8-3-1-2-4-13-5(7(9,10)11)6(15(4)14-3)18(12,16)17/h3-4H,2H2,1H3,(H2,13,17,18);1-2H,(H2,12,16,17). The van der Waals surface area contributed by atoms with E-state index < -0.39 is 53.8 Å². The van der Waals surface area contributed by atoms with E-state index >= 15 is 0 Å². The monoisotopic (exact) mass is 610 g/mol. The van der Waals surface area contributed by atoms with Crippen LogP contribution in [-0.4, -0.2) is 52.6 Å². The molecule has 0 unspecified atom stereocenters. The molecule has 0 atom stereocenters. The maximum absolute atomic E-state index is 12.8. The molecule has 0 aliphatic rings. The van der Waals surface area contributed by atoms with Crippen LogP contribution in [0, 0.1) is 0 Å². The van der Waals surface area contributed by atoms with E-state index in [9.17, 15) is 43.2 Å². The van der Waals surface area contributed by atoms with Crippen molar-refractivity contribution >= 4 is 42.9 Å². The molecule has 0 aliphatic heterocycles. The number of ether oxygens (including phenoxy) is 1. The number of nitrogens with zero attached hydrogens (tertiary/aromatic N) is 6. The molecule has 38 heavy (non-hydrogen) atoms. The van der Waals surface area contributed by atoms with E-state index in [1.807, 2.05) is 0 Å². The predicted molar refractivity (Wildman–Crippen MR) is 115 cm³/mol. The largest absolute Gasteiger partial charge is 0.477 e. The lowest BCUT2D eigenvalue weighted by atomic mass is 10.5. The van der Waals surface area contributed by atoms with Crippen molar-refractivity contribution in [1.29, 1.82) is 0 Å². The molecular formula is C16H13ClF6N8O5S2. The summed E-state index contributed by atoms with van der Waals surface area (Å²) in [7, 11) is -9.33. The Hall–Kier alpha value is -3.27. The molecule has 0 radical (unpaired) electrons. The second kappa shape index (κ2) is 9.80. The van der Waals surface area contributed by atoms with Crippen LogP contribution in [0.15, 0.2) is 34.3 Å². The van der Waals surface area contributed by atoms with Crippen molar-refractivity contribution in [2.75, 3.05) is 6.61 Å². The molecule has 0 saturated heterocycles. The maximum Gasteiger partial charge on any atom is 0.436 e. The summed E-state index contributed by atoms with van der Waals surface area (Å²) in [4.78, 5) is 6.36. The number of hydrogen-bond donors (Lipinski definition) is 2. The number of nitrogens with two attached hydrogens (primary N) is 2. The first kappa shape index (κ1) is 29.3. The van der Waals surface area contributed by atoms with Crippen LogP contribution in [0.5, 0.6) is 5.88 Å². The highest BCUT2D eigenvalue weighted by molar-refractivity contribution is 7.89.